The minimum Gasteiger partial charge on any atom is -0.490 e. The Hall–Kier alpha value is -1.81. The summed E-state index contributed by atoms with van der Waals surface area (Å²) in [6, 6.07) is 7.45. The topological polar surface area (TPSA) is 55.8 Å². The largest absolute Gasteiger partial charge is 0.490 e. The molecule has 0 aliphatic rings. The molecule has 18 heavy (non-hydrogen) atoms. The molecule has 4 nitrogen and oxygen atoms in total. The summed E-state index contributed by atoms with van der Waals surface area (Å²) in [7, 11) is 0. The first-order valence-corrected chi connectivity index (χ1v) is 5.81. The summed E-state index contributed by atoms with van der Waals surface area (Å²) in [5, 5.41) is 9.24. The highest BCUT2D eigenvalue weighted by Crippen LogP contribution is 2.13. The Labute approximate surface area is 107 Å². The number of ether oxygens (including phenoxy) is 2. The van der Waals surface area contributed by atoms with Crippen molar-refractivity contribution >= 4 is 5.97 Å². The SMILES string of the molecule is C=CC(=O)OCCOc1ccc(CC(C)O)cc1. The molecule has 1 N–H and O–H groups in total. The van der Waals surface area contributed by atoms with Gasteiger partial charge in [0.2, 0.25) is 0 Å². The number of rotatable bonds is 7. The van der Waals surface area contributed by atoms with E-state index in [1.807, 2.05) is 24.3 Å². The molecule has 0 saturated heterocycles. The van der Waals surface area contributed by atoms with Crippen molar-refractivity contribution < 1.29 is 19.4 Å². The Morgan fingerprint density at radius 3 is 2.61 bits per heavy atom. The van der Waals surface area contributed by atoms with Gasteiger partial charge in [-0.2, -0.15) is 0 Å². The zero-order chi connectivity index (χ0) is 13.4. The Balaban J connectivity index is 2.30. The van der Waals surface area contributed by atoms with Crippen LogP contribution in [0.25, 0.3) is 0 Å². The van der Waals surface area contributed by atoms with E-state index in [0.717, 1.165) is 11.6 Å². The first kappa shape index (κ1) is 14.3. The lowest BCUT2D eigenvalue weighted by Crippen LogP contribution is -2.10. The molecule has 0 aromatic heterocycles. The highest BCUT2D eigenvalue weighted by molar-refractivity contribution is 5.81. The molecule has 98 valence electrons. The number of carbonyl (C=O) groups excluding carboxylic acids is 1. The molecule has 4 heteroatoms. The quantitative estimate of drug-likeness (QED) is 0.455. The highest BCUT2D eigenvalue weighted by Gasteiger charge is 2.00. The van der Waals surface area contributed by atoms with Gasteiger partial charge in [0, 0.05) is 6.08 Å². The fourth-order valence-corrected chi connectivity index (χ4v) is 1.42. The van der Waals surface area contributed by atoms with E-state index in [2.05, 4.69) is 6.58 Å². The summed E-state index contributed by atoms with van der Waals surface area (Å²) in [5.74, 6) is 0.255. The number of hydrogen-bond donors (Lipinski definition) is 1. The van der Waals surface area contributed by atoms with Crippen LogP contribution < -0.4 is 4.74 Å². The standard InChI is InChI=1S/C14H18O4/c1-3-14(16)18-9-8-17-13-6-4-12(5-7-13)10-11(2)15/h3-7,11,15H,1,8-10H2,2H3. The van der Waals surface area contributed by atoms with E-state index in [1.165, 1.54) is 0 Å². The van der Waals surface area contributed by atoms with Gasteiger partial charge in [-0.1, -0.05) is 18.7 Å². The summed E-state index contributed by atoms with van der Waals surface area (Å²) in [6.07, 6.45) is 1.39. The van der Waals surface area contributed by atoms with Crippen LogP contribution in [0.3, 0.4) is 0 Å². The molecule has 1 unspecified atom stereocenters. The summed E-state index contributed by atoms with van der Waals surface area (Å²) >= 11 is 0. The number of aliphatic hydroxyl groups excluding tert-OH is 1. The van der Waals surface area contributed by atoms with Crippen molar-refractivity contribution in [2.45, 2.75) is 19.4 Å². The molecule has 0 saturated carbocycles. The van der Waals surface area contributed by atoms with Crippen LogP contribution in [-0.4, -0.2) is 30.4 Å². The van der Waals surface area contributed by atoms with Crippen molar-refractivity contribution in [3.8, 4) is 5.75 Å². The summed E-state index contributed by atoms with van der Waals surface area (Å²) in [4.78, 5) is 10.8. The molecule has 1 aromatic carbocycles. The predicted octanol–water partition coefficient (Wildman–Crippen LogP) is 1.72. The van der Waals surface area contributed by atoms with Gasteiger partial charge in [-0.15, -0.1) is 0 Å². The van der Waals surface area contributed by atoms with Crippen LogP contribution >= 0.6 is 0 Å². The zero-order valence-corrected chi connectivity index (χ0v) is 10.5. The summed E-state index contributed by atoms with van der Waals surface area (Å²) < 4.78 is 10.2. The van der Waals surface area contributed by atoms with Crippen molar-refractivity contribution in [1.82, 2.24) is 0 Å². The van der Waals surface area contributed by atoms with E-state index < -0.39 is 5.97 Å². The first-order chi connectivity index (χ1) is 8.61. The van der Waals surface area contributed by atoms with Gasteiger partial charge < -0.3 is 14.6 Å². The Bertz CT molecular complexity index is 381. The molecule has 0 heterocycles. The molecule has 0 spiro atoms. The maximum Gasteiger partial charge on any atom is 0.330 e. The lowest BCUT2D eigenvalue weighted by atomic mass is 10.1. The van der Waals surface area contributed by atoms with E-state index in [-0.39, 0.29) is 12.7 Å². The van der Waals surface area contributed by atoms with Crippen LogP contribution in [0, 0.1) is 0 Å². The third kappa shape index (κ3) is 5.50. The van der Waals surface area contributed by atoms with Crippen LogP contribution in [0.5, 0.6) is 5.75 Å². The van der Waals surface area contributed by atoms with Crippen molar-refractivity contribution in [2.24, 2.45) is 0 Å². The number of hydrogen-bond acceptors (Lipinski definition) is 4. The molecule has 0 bridgehead atoms. The van der Waals surface area contributed by atoms with E-state index in [0.29, 0.717) is 18.8 Å². The Morgan fingerprint density at radius 2 is 2.06 bits per heavy atom. The average Bonchev–Trinajstić information content (AvgIpc) is 2.35. The molecule has 1 aromatic rings. The second-order valence-electron chi connectivity index (χ2n) is 3.92. The van der Waals surface area contributed by atoms with Gasteiger partial charge in [-0.05, 0) is 31.0 Å². The molecule has 0 amide bonds. The third-order valence-corrected chi connectivity index (χ3v) is 2.22. The lowest BCUT2D eigenvalue weighted by molar-refractivity contribution is -0.138. The monoisotopic (exact) mass is 250 g/mol. The van der Waals surface area contributed by atoms with Crippen LogP contribution in [0.4, 0.5) is 0 Å². The minimum absolute atomic E-state index is 0.195. The van der Waals surface area contributed by atoms with E-state index >= 15 is 0 Å². The molecular weight excluding hydrogens is 232 g/mol. The molecule has 1 rings (SSSR count). The zero-order valence-electron chi connectivity index (χ0n) is 10.5. The number of carbonyl (C=O) groups is 1. The fraction of sp³-hybridized carbons (Fsp3) is 0.357. The fourth-order valence-electron chi connectivity index (χ4n) is 1.42. The second kappa shape index (κ2) is 7.50. The number of esters is 1. The number of aliphatic hydroxyl groups is 1. The minimum atomic E-state index is -0.453. The van der Waals surface area contributed by atoms with Gasteiger partial charge in [0.1, 0.15) is 19.0 Å². The maximum atomic E-state index is 10.8. The van der Waals surface area contributed by atoms with Gasteiger partial charge >= 0.3 is 5.97 Å². The number of benzene rings is 1. The lowest BCUT2D eigenvalue weighted by Gasteiger charge is -2.08. The van der Waals surface area contributed by atoms with Crippen LogP contribution in [-0.2, 0) is 16.0 Å². The third-order valence-electron chi connectivity index (χ3n) is 2.22. The molecule has 0 fully saturated rings. The normalized spacial score (nSPS) is 11.7. The average molecular weight is 250 g/mol. The van der Waals surface area contributed by atoms with Crippen LogP contribution in [0.2, 0.25) is 0 Å². The van der Waals surface area contributed by atoms with Gasteiger partial charge in [-0.3, -0.25) is 0 Å². The summed E-state index contributed by atoms with van der Waals surface area (Å²) in [5.41, 5.74) is 1.05. The van der Waals surface area contributed by atoms with Gasteiger partial charge in [0.25, 0.3) is 0 Å². The molecule has 0 radical (unpaired) electrons. The van der Waals surface area contributed by atoms with Crippen molar-refractivity contribution in [3.05, 3.63) is 42.5 Å². The smallest absolute Gasteiger partial charge is 0.330 e. The molecule has 0 aliphatic heterocycles. The van der Waals surface area contributed by atoms with Crippen molar-refractivity contribution in [1.29, 1.82) is 0 Å². The Kier molecular flexibility index (Phi) is 5.94. The molecule has 1 atom stereocenters. The highest BCUT2D eigenvalue weighted by atomic mass is 16.6. The van der Waals surface area contributed by atoms with Crippen LogP contribution in [0.1, 0.15) is 12.5 Å². The second-order valence-corrected chi connectivity index (χ2v) is 3.92. The predicted molar refractivity (Wildman–Crippen MR) is 68.5 cm³/mol. The van der Waals surface area contributed by atoms with Crippen LogP contribution in [0.15, 0.2) is 36.9 Å². The van der Waals surface area contributed by atoms with E-state index in [9.17, 15) is 9.90 Å². The first-order valence-electron chi connectivity index (χ1n) is 5.81. The Morgan fingerprint density at radius 1 is 1.39 bits per heavy atom. The van der Waals surface area contributed by atoms with E-state index in [1.54, 1.807) is 6.92 Å². The van der Waals surface area contributed by atoms with Gasteiger partial charge in [0.05, 0.1) is 6.10 Å². The summed E-state index contributed by atoms with van der Waals surface area (Å²) in [6.45, 7) is 5.54. The maximum absolute atomic E-state index is 10.8. The van der Waals surface area contributed by atoms with Gasteiger partial charge in [-0.25, -0.2) is 4.79 Å². The molecule has 0 aliphatic carbocycles. The molecular formula is C14H18O4. The van der Waals surface area contributed by atoms with E-state index in [4.69, 9.17) is 9.47 Å². The van der Waals surface area contributed by atoms with Crippen molar-refractivity contribution in [3.63, 3.8) is 0 Å². The van der Waals surface area contributed by atoms with Crippen molar-refractivity contribution in [2.75, 3.05) is 13.2 Å². The van der Waals surface area contributed by atoms with Gasteiger partial charge in [0.15, 0.2) is 0 Å².